The molecule has 1 aromatic carbocycles. The van der Waals surface area contributed by atoms with Crippen LogP contribution in [0.1, 0.15) is 102 Å². The van der Waals surface area contributed by atoms with Crippen LogP contribution in [-0.2, 0) is 5.16 Å². The molecule has 0 bridgehead atoms. The molecule has 3 aliphatic rings. The lowest BCUT2D eigenvalue weighted by Gasteiger charge is -2.49. The van der Waals surface area contributed by atoms with Gasteiger partial charge in [0.2, 0.25) is 0 Å². The molecule has 1 atom stereocenters. The molecule has 154 valence electrons. The summed E-state index contributed by atoms with van der Waals surface area (Å²) < 4.78 is 5.87. The standard InChI is InChI=1S/C26H39OP/c1-18-16-17-23(27-5)24-19(2)20(3)26(4,25(18)24)28(21-12-8-6-9-13-21)22-14-10-7-11-15-22/h16-17,21-22H,6-15H2,1-5H3/t26-/m0/s1. The molecule has 0 aromatic heterocycles. The van der Waals surface area contributed by atoms with E-state index in [2.05, 4.69) is 39.8 Å². The Kier molecular flexibility index (Phi) is 5.95. The van der Waals surface area contributed by atoms with Crippen molar-refractivity contribution in [3.63, 3.8) is 0 Å². The van der Waals surface area contributed by atoms with E-state index in [0.717, 1.165) is 17.1 Å². The lowest BCUT2D eigenvalue weighted by Crippen LogP contribution is -2.33. The van der Waals surface area contributed by atoms with Crippen molar-refractivity contribution in [1.29, 1.82) is 0 Å². The van der Waals surface area contributed by atoms with Crippen molar-refractivity contribution in [1.82, 2.24) is 0 Å². The van der Waals surface area contributed by atoms with E-state index in [9.17, 15) is 0 Å². The van der Waals surface area contributed by atoms with Crippen LogP contribution >= 0.6 is 7.92 Å². The van der Waals surface area contributed by atoms with Gasteiger partial charge in [-0.2, -0.15) is 0 Å². The molecule has 28 heavy (non-hydrogen) atoms. The van der Waals surface area contributed by atoms with Gasteiger partial charge >= 0.3 is 0 Å². The number of benzene rings is 1. The number of fused-ring (bicyclic) bond motifs is 1. The van der Waals surface area contributed by atoms with Crippen LogP contribution in [0.25, 0.3) is 5.57 Å². The second-order valence-corrected chi connectivity index (χ2v) is 12.8. The Bertz CT molecular complexity index is 734. The summed E-state index contributed by atoms with van der Waals surface area (Å²) >= 11 is 0. The van der Waals surface area contributed by atoms with E-state index in [0.29, 0.717) is 0 Å². The maximum absolute atomic E-state index is 5.87. The lowest BCUT2D eigenvalue weighted by molar-refractivity contribution is 0.413. The second kappa shape index (κ2) is 8.14. The summed E-state index contributed by atoms with van der Waals surface area (Å²) in [7, 11) is 1.76. The van der Waals surface area contributed by atoms with Gasteiger partial charge in [-0.1, -0.05) is 58.1 Å². The smallest absolute Gasteiger partial charge is 0.126 e. The molecule has 0 amide bonds. The SMILES string of the molecule is COc1ccc(C)c2c1C(C)=C(C)[C@]2(C)P(C1CCCCC1)C1CCCCC1. The number of ether oxygens (including phenoxy) is 1. The molecular weight excluding hydrogens is 359 g/mol. The third-order valence-corrected chi connectivity index (χ3v) is 12.4. The number of aryl methyl sites for hydroxylation is 1. The Morgan fingerprint density at radius 2 is 1.39 bits per heavy atom. The number of rotatable bonds is 4. The fourth-order valence-electron chi connectivity index (χ4n) is 6.67. The number of methoxy groups -OCH3 is 1. The Morgan fingerprint density at radius 3 is 1.89 bits per heavy atom. The third kappa shape index (κ3) is 3.17. The summed E-state index contributed by atoms with van der Waals surface area (Å²) in [6, 6.07) is 4.51. The van der Waals surface area contributed by atoms with Crippen LogP contribution < -0.4 is 4.74 Å². The third-order valence-electron chi connectivity index (χ3n) is 8.20. The predicted molar refractivity (Wildman–Crippen MR) is 124 cm³/mol. The van der Waals surface area contributed by atoms with E-state index < -0.39 is 0 Å². The molecule has 0 heterocycles. The molecule has 2 saturated carbocycles. The van der Waals surface area contributed by atoms with Gasteiger partial charge in [0.1, 0.15) is 5.75 Å². The predicted octanol–water partition coefficient (Wildman–Crippen LogP) is 8.17. The largest absolute Gasteiger partial charge is 0.496 e. The van der Waals surface area contributed by atoms with Crippen molar-refractivity contribution in [2.75, 3.05) is 7.11 Å². The van der Waals surface area contributed by atoms with E-state index in [1.54, 1.807) is 11.1 Å². The first-order valence-electron chi connectivity index (χ1n) is 11.6. The van der Waals surface area contributed by atoms with Crippen LogP contribution in [0.4, 0.5) is 0 Å². The van der Waals surface area contributed by atoms with Crippen molar-refractivity contribution < 1.29 is 4.74 Å². The van der Waals surface area contributed by atoms with Crippen LogP contribution in [0.5, 0.6) is 5.75 Å². The van der Waals surface area contributed by atoms with Gasteiger partial charge in [-0.3, -0.25) is 0 Å². The van der Waals surface area contributed by atoms with E-state index in [4.69, 9.17) is 4.74 Å². The highest BCUT2D eigenvalue weighted by Crippen LogP contribution is 2.73. The molecule has 1 nitrogen and oxygen atoms in total. The molecular formula is C26H39OP. The van der Waals surface area contributed by atoms with Gasteiger partial charge in [-0.15, -0.1) is 0 Å². The van der Waals surface area contributed by atoms with Gasteiger partial charge in [-0.05, 0) is 87.5 Å². The van der Waals surface area contributed by atoms with Crippen molar-refractivity contribution in [3.05, 3.63) is 34.4 Å². The van der Waals surface area contributed by atoms with Crippen molar-refractivity contribution >= 4 is 13.5 Å². The summed E-state index contributed by atoms with van der Waals surface area (Å²) in [4.78, 5) is 0. The molecule has 4 rings (SSSR count). The number of hydrogen-bond acceptors (Lipinski definition) is 1. The minimum Gasteiger partial charge on any atom is -0.496 e. The molecule has 2 heteroatoms. The Balaban J connectivity index is 1.88. The van der Waals surface area contributed by atoms with Crippen molar-refractivity contribution in [3.8, 4) is 5.75 Å². The monoisotopic (exact) mass is 398 g/mol. The minimum absolute atomic E-state index is 0.0798. The average Bonchev–Trinajstić information content (AvgIpc) is 2.93. The summed E-state index contributed by atoms with van der Waals surface area (Å²) in [6.45, 7) is 9.79. The zero-order chi connectivity index (χ0) is 19.9. The molecule has 0 unspecified atom stereocenters. The van der Waals surface area contributed by atoms with Crippen LogP contribution in [0.15, 0.2) is 17.7 Å². The van der Waals surface area contributed by atoms with Gasteiger partial charge in [0.25, 0.3) is 0 Å². The van der Waals surface area contributed by atoms with Gasteiger partial charge < -0.3 is 4.74 Å². The van der Waals surface area contributed by atoms with Crippen molar-refractivity contribution in [2.24, 2.45) is 0 Å². The van der Waals surface area contributed by atoms with Crippen LogP contribution in [0.2, 0.25) is 0 Å². The topological polar surface area (TPSA) is 9.23 Å². The quantitative estimate of drug-likeness (QED) is 0.465. The fraction of sp³-hybridized carbons (Fsp3) is 0.692. The maximum atomic E-state index is 5.87. The fourth-order valence-corrected chi connectivity index (χ4v) is 11.7. The summed E-state index contributed by atoms with van der Waals surface area (Å²) in [6.07, 6.45) is 14.6. The summed E-state index contributed by atoms with van der Waals surface area (Å²) in [5, 5.41) is 0.234. The van der Waals surface area contributed by atoms with E-state index in [-0.39, 0.29) is 13.1 Å². The van der Waals surface area contributed by atoms with E-state index in [1.165, 1.54) is 80.9 Å². The average molecular weight is 399 g/mol. The highest BCUT2D eigenvalue weighted by Gasteiger charge is 2.50. The van der Waals surface area contributed by atoms with E-state index in [1.807, 2.05) is 7.11 Å². The highest BCUT2D eigenvalue weighted by molar-refractivity contribution is 7.60. The number of allylic oxidation sites excluding steroid dienone is 2. The van der Waals surface area contributed by atoms with Crippen LogP contribution in [0, 0.1) is 6.92 Å². The van der Waals surface area contributed by atoms with E-state index >= 15 is 0 Å². The molecule has 1 aromatic rings. The Hall–Kier alpha value is -0.810. The molecule has 2 fully saturated rings. The van der Waals surface area contributed by atoms with Crippen LogP contribution in [-0.4, -0.2) is 18.4 Å². The van der Waals surface area contributed by atoms with Gasteiger partial charge in [-0.25, -0.2) is 0 Å². The van der Waals surface area contributed by atoms with Gasteiger partial charge in [0.05, 0.1) is 7.11 Å². The first kappa shape index (κ1) is 20.5. The van der Waals surface area contributed by atoms with Gasteiger partial charge in [0.15, 0.2) is 0 Å². The Morgan fingerprint density at radius 1 is 0.857 bits per heavy atom. The van der Waals surface area contributed by atoms with Crippen LogP contribution in [0.3, 0.4) is 0 Å². The molecule has 0 saturated heterocycles. The molecule has 0 spiro atoms. The van der Waals surface area contributed by atoms with Gasteiger partial charge in [0, 0.05) is 10.7 Å². The molecule has 3 aliphatic carbocycles. The first-order chi connectivity index (χ1) is 13.5. The zero-order valence-corrected chi connectivity index (χ0v) is 19.6. The summed E-state index contributed by atoms with van der Waals surface area (Å²) in [5.74, 6) is 1.09. The molecule has 0 radical (unpaired) electrons. The lowest BCUT2D eigenvalue weighted by atomic mass is 9.92. The minimum atomic E-state index is -0.0798. The summed E-state index contributed by atoms with van der Waals surface area (Å²) in [5.41, 5.74) is 9.60. The zero-order valence-electron chi connectivity index (χ0n) is 18.7. The highest BCUT2D eigenvalue weighted by atomic mass is 31.1. The first-order valence-corrected chi connectivity index (χ1v) is 13.1. The molecule has 0 aliphatic heterocycles. The normalized spacial score (nSPS) is 26.8. The second-order valence-electron chi connectivity index (χ2n) is 9.65. The Labute approximate surface area is 174 Å². The van der Waals surface area contributed by atoms with Crippen molar-refractivity contribution in [2.45, 2.75) is 108 Å². The molecule has 0 N–H and O–H groups in total. The number of hydrogen-bond donors (Lipinski definition) is 0. The maximum Gasteiger partial charge on any atom is 0.126 e.